The highest BCUT2D eigenvalue weighted by Crippen LogP contribution is 2.33. The van der Waals surface area contributed by atoms with Crippen molar-refractivity contribution in [2.45, 2.75) is 38.0 Å². The van der Waals surface area contributed by atoms with Gasteiger partial charge in [0.15, 0.2) is 5.17 Å². The van der Waals surface area contributed by atoms with Gasteiger partial charge in [-0.2, -0.15) is 5.10 Å². The maximum Gasteiger partial charge on any atom is 0.242 e. The Balaban J connectivity index is 1.62. The normalized spacial score (nSPS) is 17.3. The van der Waals surface area contributed by atoms with Crippen molar-refractivity contribution >= 4 is 39.8 Å². The number of carbonyl (C=O) groups is 1. The first-order valence-electron chi connectivity index (χ1n) is 11.4. The van der Waals surface area contributed by atoms with Crippen molar-refractivity contribution in [3.63, 3.8) is 0 Å². The third kappa shape index (κ3) is 5.25. The monoisotopic (exact) mass is 475 g/mol. The summed E-state index contributed by atoms with van der Waals surface area (Å²) in [6.07, 6.45) is 4.54. The number of rotatable bonds is 9. The highest BCUT2D eigenvalue weighted by atomic mass is 32.2. The average molecular weight is 476 g/mol. The number of carbonyl (C=O) groups excluding carboxylic acids is 1. The summed E-state index contributed by atoms with van der Waals surface area (Å²) < 4.78 is 10.7. The number of hydrogen-bond donors (Lipinski definition) is 0. The van der Waals surface area contributed by atoms with Gasteiger partial charge in [-0.05, 0) is 34.9 Å². The molecule has 0 radical (unpaired) electrons. The fourth-order valence-electron chi connectivity index (χ4n) is 3.97. The lowest BCUT2D eigenvalue weighted by atomic mass is 10.0. The molecule has 1 aliphatic heterocycles. The van der Waals surface area contributed by atoms with Crippen molar-refractivity contribution in [1.82, 2.24) is 4.90 Å². The summed E-state index contributed by atoms with van der Waals surface area (Å²) in [7, 11) is 3.22. The summed E-state index contributed by atoms with van der Waals surface area (Å²) in [4.78, 5) is 15.1. The molecule has 0 bridgehead atoms. The minimum absolute atomic E-state index is 0.0994. The summed E-state index contributed by atoms with van der Waals surface area (Å²) in [6.45, 7) is 2.61. The molecule has 1 fully saturated rings. The predicted molar refractivity (Wildman–Crippen MR) is 140 cm³/mol. The van der Waals surface area contributed by atoms with Crippen LogP contribution >= 0.6 is 11.8 Å². The highest BCUT2D eigenvalue weighted by molar-refractivity contribution is 8.15. The zero-order chi connectivity index (χ0) is 23.9. The van der Waals surface area contributed by atoms with Crippen LogP contribution in [0.1, 0.15) is 37.3 Å². The second kappa shape index (κ2) is 11.2. The third-order valence-electron chi connectivity index (χ3n) is 5.83. The molecule has 4 rings (SSSR count). The van der Waals surface area contributed by atoms with E-state index in [-0.39, 0.29) is 11.2 Å². The van der Waals surface area contributed by atoms with Gasteiger partial charge < -0.3 is 9.47 Å². The van der Waals surface area contributed by atoms with Gasteiger partial charge in [0.1, 0.15) is 11.5 Å². The smallest absolute Gasteiger partial charge is 0.242 e. The van der Waals surface area contributed by atoms with Gasteiger partial charge >= 0.3 is 0 Å². The standard InChI is InChI=1S/C27H29N3O3S/c1-4-5-13-25-26(31)30(18-21-11-8-10-19-9-6-7-12-23(19)21)27(34-25)29-28-17-20-14-15-22(32-2)16-24(20)33-3/h6-12,14-17,25H,4-5,13,18H2,1-3H3/b28-17-,29-27+/t25-/m1/s1. The fraction of sp³-hybridized carbons (Fsp3) is 0.296. The van der Waals surface area contributed by atoms with Crippen LogP contribution in [0.2, 0.25) is 0 Å². The molecular weight excluding hydrogens is 446 g/mol. The number of benzene rings is 3. The van der Waals surface area contributed by atoms with Crippen molar-refractivity contribution in [2.24, 2.45) is 10.2 Å². The first kappa shape index (κ1) is 23.8. The number of fused-ring (bicyclic) bond motifs is 1. The van der Waals surface area contributed by atoms with Crippen LogP contribution in [0.15, 0.2) is 70.9 Å². The van der Waals surface area contributed by atoms with Crippen LogP contribution in [-0.2, 0) is 11.3 Å². The van der Waals surface area contributed by atoms with Gasteiger partial charge in [0, 0.05) is 11.6 Å². The lowest BCUT2D eigenvalue weighted by molar-refractivity contribution is -0.126. The van der Waals surface area contributed by atoms with Gasteiger partial charge in [-0.15, -0.1) is 5.10 Å². The minimum atomic E-state index is -0.126. The van der Waals surface area contributed by atoms with Crippen molar-refractivity contribution < 1.29 is 14.3 Å². The first-order valence-corrected chi connectivity index (χ1v) is 12.3. The third-order valence-corrected chi connectivity index (χ3v) is 7.06. The number of amidine groups is 1. The van der Waals surface area contributed by atoms with Gasteiger partial charge in [0.25, 0.3) is 0 Å². The molecule has 1 amide bonds. The van der Waals surface area contributed by atoms with Gasteiger partial charge in [-0.25, -0.2) is 0 Å². The van der Waals surface area contributed by atoms with E-state index < -0.39 is 0 Å². The number of nitrogens with zero attached hydrogens (tertiary/aromatic N) is 3. The highest BCUT2D eigenvalue weighted by Gasteiger charge is 2.37. The zero-order valence-corrected chi connectivity index (χ0v) is 20.5. The second-order valence-electron chi connectivity index (χ2n) is 8.05. The van der Waals surface area contributed by atoms with Crippen LogP contribution in [0, 0.1) is 0 Å². The Kier molecular flexibility index (Phi) is 7.85. The summed E-state index contributed by atoms with van der Waals surface area (Å²) in [5, 5.41) is 11.6. The molecule has 34 heavy (non-hydrogen) atoms. The first-order chi connectivity index (χ1) is 16.6. The van der Waals surface area contributed by atoms with Gasteiger partial charge in [0.05, 0.1) is 32.2 Å². The minimum Gasteiger partial charge on any atom is -0.497 e. The van der Waals surface area contributed by atoms with E-state index in [1.54, 1.807) is 31.4 Å². The molecule has 0 unspecified atom stereocenters. The molecule has 176 valence electrons. The maximum absolute atomic E-state index is 13.3. The van der Waals surface area contributed by atoms with E-state index in [0.717, 1.165) is 41.2 Å². The molecule has 1 aliphatic rings. The lowest BCUT2D eigenvalue weighted by Crippen LogP contribution is -2.31. The van der Waals surface area contributed by atoms with Crippen molar-refractivity contribution in [1.29, 1.82) is 0 Å². The second-order valence-corrected chi connectivity index (χ2v) is 9.22. The Morgan fingerprint density at radius 2 is 1.88 bits per heavy atom. The molecule has 0 aromatic heterocycles. The molecule has 6 nitrogen and oxygen atoms in total. The molecule has 0 aliphatic carbocycles. The number of ether oxygens (including phenoxy) is 2. The van der Waals surface area contributed by atoms with E-state index in [0.29, 0.717) is 23.2 Å². The fourth-order valence-corrected chi connectivity index (χ4v) is 5.11. The zero-order valence-electron chi connectivity index (χ0n) is 19.7. The van der Waals surface area contributed by atoms with Gasteiger partial charge in [-0.1, -0.05) is 74.0 Å². The average Bonchev–Trinajstić information content (AvgIpc) is 3.17. The quantitative estimate of drug-likeness (QED) is 0.286. The summed E-state index contributed by atoms with van der Waals surface area (Å²) >= 11 is 1.50. The number of unbranched alkanes of at least 4 members (excludes halogenated alkanes) is 1. The number of thioether (sulfide) groups is 1. The van der Waals surface area contributed by atoms with Crippen LogP contribution in [-0.4, -0.2) is 41.7 Å². The number of amides is 1. The number of hydrogen-bond acceptors (Lipinski definition) is 6. The van der Waals surface area contributed by atoms with E-state index in [2.05, 4.69) is 41.4 Å². The molecule has 3 aromatic carbocycles. The molecule has 7 heteroatoms. The molecule has 1 heterocycles. The molecule has 3 aromatic rings. The molecule has 0 spiro atoms. The summed E-state index contributed by atoms with van der Waals surface area (Å²) in [5.41, 5.74) is 1.88. The van der Waals surface area contributed by atoms with Crippen LogP contribution in [0.5, 0.6) is 11.5 Å². The van der Waals surface area contributed by atoms with E-state index in [9.17, 15) is 4.79 Å². The van der Waals surface area contributed by atoms with Crippen LogP contribution < -0.4 is 9.47 Å². The molecular formula is C27H29N3O3S. The molecule has 0 N–H and O–H groups in total. The Morgan fingerprint density at radius 1 is 1.06 bits per heavy atom. The van der Waals surface area contributed by atoms with Crippen molar-refractivity contribution in [3.8, 4) is 11.5 Å². The summed E-state index contributed by atoms with van der Waals surface area (Å²) in [6, 6.07) is 19.9. The van der Waals surface area contributed by atoms with E-state index in [4.69, 9.17) is 9.47 Å². The van der Waals surface area contributed by atoms with Crippen LogP contribution in [0.3, 0.4) is 0 Å². The predicted octanol–water partition coefficient (Wildman–Crippen LogP) is 5.88. The Morgan fingerprint density at radius 3 is 2.68 bits per heavy atom. The Bertz CT molecular complexity index is 1220. The largest absolute Gasteiger partial charge is 0.497 e. The molecule has 1 saturated heterocycles. The lowest BCUT2D eigenvalue weighted by Gasteiger charge is -2.17. The SMILES string of the molecule is CCCC[C@H]1S/C(=N/N=C\c2ccc(OC)cc2OC)N(Cc2cccc3ccccc23)C1=O. The Hall–Kier alpha value is -3.32. The number of methoxy groups -OCH3 is 2. The van der Waals surface area contributed by atoms with Crippen molar-refractivity contribution in [3.05, 3.63) is 71.8 Å². The van der Waals surface area contributed by atoms with E-state index >= 15 is 0 Å². The van der Waals surface area contributed by atoms with Crippen LogP contribution in [0.25, 0.3) is 10.8 Å². The topological polar surface area (TPSA) is 63.5 Å². The molecule has 0 saturated carbocycles. The van der Waals surface area contributed by atoms with Gasteiger partial charge in [0.2, 0.25) is 5.91 Å². The molecule has 1 atom stereocenters. The van der Waals surface area contributed by atoms with Gasteiger partial charge in [-0.3, -0.25) is 9.69 Å². The van der Waals surface area contributed by atoms with E-state index in [1.165, 1.54) is 11.8 Å². The maximum atomic E-state index is 13.3. The summed E-state index contributed by atoms with van der Waals surface area (Å²) in [5.74, 6) is 1.45. The van der Waals surface area contributed by atoms with Crippen LogP contribution in [0.4, 0.5) is 0 Å². The Labute approximate surface area is 204 Å². The van der Waals surface area contributed by atoms with E-state index in [1.807, 2.05) is 30.3 Å². The van der Waals surface area contributed by atoms with Crippen molar-refractivity contribution in [2.75, 3.05) is 14.2 Å².